The molecule has 0 aliphatic rings. The quantitative estimate of drug-likeness (QED) is 0.635. The third-order valence-corrected chi connectivity index (χ3v) is 3.88. The Morgan fingerprint density at radius 3 is 2.33 bits per heavy atom. The van der Waals surface area contributed by atoms with Crippen LogP contribution >= 0.6 is 0 Å². The van der Waals surface area contributed by atoms with Crippen molar-refractivity contribution in [2.24, 2.45) is 0 Å². The van der Waals surface area contributed by atoms with Crippen LogP contribution in [-0.2, 0) is 14.6 Å². The summed E-state index contributed by atoms with van der Waals surface area (Å²) in [6.45, 7) is 8.81. The van der Waals surface area contributed by atoms with Gasteiger partial charge >= 0.3 is 0 Å². The first-order valence-corrected chi connectivity index (χ1v) is 7.25. The first-order chi connectivity index (χ1) is 6.87. The number of hydrogen-bond acceptors (Lipinski definition) is 4. The summed E-state index contributed by atoms with van der Waals surface area (Å²) in [7, 11) is -2.88. The van der Waals surface area contributed by atoms with E-state index in [1.54, 1.807) is 6.92 Å². The smallest absolute Gasteiger partial charge is 0.151 e. The lowest BCUT2D eigenvalue weighted by Gasteiger charge is -2.14. The predicted molar refractivity (Wildman–Crippen MR) is 62.9 cm³/mol. The zero-order valence-corrected chi connectivity index (χ0v) is 10.9. The Morgan fingerprint density at radius 1 is 1.27 bits per heavy atom. The van der Waals surface area contributed by atoms with Crippen molar-refractivity contribution in [2.45, 2.75) is 39.8 Å². The van der Waals surface area contributed by atoms with Gasteiger partial charge in [0.25, 0.3) is 0 Å². The minimum absolute atomic E-state index is 0.00860. The van der Waals surface area contributed by atoms with Crippen LogP contribution in [0.25, 0.3) is 0 Å². The average molecular weight is 237 g/mol. The maximum atomic E-state index is 11.3. The van der Waals surface area contributed by atoms with Crippen molar-refractivity contribution in [1.29, 1.82) is 0 Å². The molecule has 0 saturated heterocycles. The third kappa shape index (κ3) is 8.84. The monoisotopic (exact) mass is 237 g/mol. The maximum Gasteiger partial charge on any atom is 0.151 e. The lowest BCUT2D eigenvalue weighted by Crippen LogP contribution is -2.36. The number of ether oxygens (including phenoxy) is 1. The highest BCUT2D eigenvalue weighted by atomic mass is 32.2. The molecule has 15 heavy (non-hydrogen) atoms. The second-order valence-corrected chi connectivity index (χ2v) is 6.37. The van der Waals surface area contributed by atoms with Crippen LogP contribution in [0.15, 0.2) is 0 Å². The lowest BCUT2D eigenvalue weighted by molar-refractivity contribution is 0.0799. The molecule has 0 fully saturated rings. The molecule has 0 radical (unpaired) electrons. The maximum absolute atomic E-state index is 11.3. The van der Waals surface area contributed by atoms with Crippen LogP contribution in [0, 0.1) is 0 Å². The molecule has 1 N–H and O–H groups in total. The van der Waals surface area contributed by atoms with E-state index in [4.69, 9.17) is 4.74 Å². The molecule has 0 heterocycles. The summed E-state index contributed by atoms with van der Waals surface area (Å²) in [4.78, 5) is 0. The predicted octanol–water partition coefficient (Wildman–Crippen LogP) is 0.824. The van der Waals surface area contributed by atoms with E-state index < -0.39 is 9.84 Å². The fraction of sp³-hybridized carbons (Fsp3) is 1.00. The van der Waals surface area contributed by atoms with Crippen LogP contribution < -0.4 is 5.32 Å². The molecule has 0 aromatic heterocycles. The van der Waals surface area contributed by atoms with E-state index in [0.717, 1.165) is 0 Å². The molecule has 0 aromatic rings. The zero-order valence-electron chi connectivity index (χ0n) is 10.1. The summed E-state index contributed by atoms with van der Waals surface area (Å²) in [5.74, 6) is 0.409. The Kier molecular flexibility index (Phi) is 7.13. The molecular formula is C10H23NO3S. The molecule has 0 aliphatic heterocycles. The summed E-state index contributed by atoms with van der Waals surface area (Å²) < 4.78 is 27.9. The van der Waals surface area contributed by atoms with Crippen LogP contribution in [-0.4, -0.2) is 45.2 Å². The van der Waals surface area contributed by atoms with Gasteiger partial charge in [0.05, 0.1) is 18.5 Å². The molecule has 0 aromatic carbocycles. The number of hydrogen-bond donors (Lipinski definition) is 1. The van der Waals surface area contributed by atoms with E-state index in [2.05, 4.69) is 5.32 Å². The highest BCUT2D eigenvalue weighted by Gasteiger charge is 2.12. The number of rotatable bonds is 8. The van der Waals surface area contributed by atoms with E-state index in [0.29, 0.717) is 13.2 Å². The van der Waals surface area contributed by atoms with Crippen molar-refractivity contribution >= 4 is 9.84 Å². The molecule has 0 saturated carbocycles. The summed E-state index contributed by atoms with van der Waals surface area (Å²) >= 11 is 0. The molecule has 0 bridgehead atoms. The molecule has 1 unspecified atom stereocenters. The molecular weight excluding hydrogens is 214 g/mol. The van der Waals surface area contributed by atoms with Crippen molar-refractivity contribution in [3.63, 3.8) is 0 Å². The van der Waals surface area contributed by atoms with Gasteiger partial charge in [-0.15, -0.1) is 0 Å². The van der Waals surface area contributed by atoms with Gasteiger partial charge in [-0.25, -0.2) is 8.42 Å². The molecule has 4 nitrogen and oxygen atoms in total. The van der Waals surface area contributed by atoms with Crippen molar-refractivity contribution < 1.29 is 13.2 Å². The van der Waals surface area contributed by atoms with Crippen molar-refractivity contribution in [2.75, 3.05) is 24.7 Å². The minimum Gasteiger partial charge on any atom is -0.377 e. The summed E-state index contributed by atoms with van der Waals surface area (Å²) in [6, 6.07) is -0.00860. The van der Waals surface area contributed by atoms with Gasteiger partial charge < -0.3 is 10.1 Å². The van der Waals surface area contributed by atoms with Crippen molar-refractivity contribution in [1.82, 2.24) is 5.32 Å². The van der Waals surface area contributed by atoms with Gasteiger partial charge in [-0.2, -0.15) is 0 Å². The topological polar surface area (TPSA) is 55.4 Å². The average Bonchev–Trinajstić information content (AvgIpc) is 2.11. The molecule has 92 valence electrons. The van der Waals surface area contributed by atoms with E-state index in [-0.39, 0.29) is 23.7 Å². The van der Waals surface area contributed by atoms with Gasteiger partial charge in [0, 0.05) is 18.3 Å². The molecule has 0 aliphatic carbocycles. The molecule has 1 atom stereocenters. The number of sulfone groups is 1. The fourth-order valence-electron chi connectivity index (χ4n) is 1.16. The van der Waals surface area contributed by atoms with Crippen molar-refractivity contribution in [3.05, 3.63) is 0 Å². The van der Waals surface area contributed by atoms with E-state index in [9.17, 15) is 8.42 Å². The Morgan fingerprint density at radius 2 is 1.87 bits per heavy atom. The van der Waals surface area contributed by atoms with E-state index >= 15 is 0 Å². The second kappa shape index (κ2) is 7.19. The largest absolute Gasteiger partial charge is 0.377 e. The van der Waals surface area contributed by atoms with Gasteiger partial charge in [0.2, 0.25) is 0 Å². The summed E-state index contributed by atoms with van der Waals surface area (Å²) in [6.07, 6.45) is 0.224. The van der Waals surface area contributed by atoms with Gasteiger partial charge in [0.15, 0.2) is 9.84 Å². The number of nitrogens with one attached hydrogen (secondary N) is 1. The summed E-state index contributed by atoms with van der Waals surface area (Å²) in [5, 5.41) is 3.12. The molecule has 0 spiro atoms. The van der Waals surface area contributed by atoms with E-state index in [1.807, 2.05) is 20.8 Å². The van der Waals surface area contributed by atoms with Gasteiger partial charge in [0.1, 0.15) is 0 Å². The molecule has 0 rings (SSSR count). The van der Waals surface area contributed by atoms with Crippen LogP contribution in [0.3, 0.4) is 0 Å². The Hall–Kier alpha value is -0.130. The second-order valence-electron chi connectivity index (χ2n) is 3.97. The van der Waals surface area contributed by atoms with Crippen molar-refractivity contribution in [3.8, 4) is 0 Å². The highest BCUT2D eigenvalue weighted by molar-refractivity contribution is 7.91. The zero-order chi connectivity index (χ0) is 11.9. The Labute approximate surface area is 93.3 Å². The Bertz CT molecular complexity index is 249. The highest BCUT2D eigenvalue weighted by Crippen LogP contribution is 1.94. The van der Waals surface area contributed by atoms with Crippen LogP contribution in [0.4, 0.5) is 0 Å². The first kappa shape index (κ1) is 14.9. The van der Waals surface area contributed by atoms with Crippen LogP contribution in [0.1, 0.15) is 27.7 Å². The molecule has 5 heteroatoms. The van der Waals surface area contributed by atoms with Gasteiger partial charge in [-0.3, -0.25) is 0 Å². The van der Waals surface area contributed by atoms with Gasteiger partial charge in [-0.1, -0.05) is 6.92 Å². The SMILES string of the molecule is CCS(=O)(=O)CC(C)NCCOC(C)C. The lowest BCUT2D eigenvalue weighted by atomic mass is 10.4. The standard InChI is InChI=1S/C10H23NO3S/c1-5-15(12,13)8-10(4)11-6-7-14-9(2)3/h9-11H,5-8H2,1-4H3. The van der Waals surface area contributed by atoms with Crippen LogP contribution in [0.2, 0.25) is 0 Å². The first-order valence-electron chi connectivity index (χ1n) is 5.42. The van der Waals surface area contributed by atoms with Gasteiger partial charge in [-0.05, 0) is 20.8 Å². The third-order valence-electron chi connectivity index (χ3n) is 1.99. The van der Waals surface area contributed by atoms with Crippen LogP contribution in [0.5, 0.6) is 0 Å². The normalized spacial score (nSPS) is 14.5. The van der Waals surface area contributed by atoms with E-state index in [1.165, 1.54) is 0 Å². The fourth-order valence-corrected chi connectivity index (χ4v) is 2.27. The Balaban J connectivity index is 3.62. The molecule has 0 amide bonds. The summed E-state index contributed by atoms with van der Waals surface area (Å²) in [5.41, 5.74) is 0. The minimum atomic E-state index is -2.88.